The van der Waals surface area contributed by atoms with E-state index in [9.17, 15) is 9.18 Å². The van der Waals surface area contributed by atoms with Gasteiger partial charge in [-0.3, -0.25) is 0 Å². The maximum Gasteiger partial charge on any atom is 0.123 e. The Morgan fingerprint density at radius 3 is 2.88 bits per heavy atom. The second-order valence-electron chi connectivity index (χ2n) is 4.05. The molecule has 88 valence electrons. The van der Waals surface area contributed by atoms with Crippen LogP contribution in [0.5, 0.6) is 5.75 Å². The molecule has 0 saturated heterocycles. The second-order valence-corrected chi connectivity index (χ2v) is 4.05. The van der Waals surface area contributed by atoms with Crippen LogP contribution in [0, 0.1) is 18.7 Å². The molecule has 2 nitrogen and oxygen atoms in total. The Kier molecular flexibility index (Phi) is 4.96. The summed E-state index contributed by atoms with van der Waals surface area (Å²) in [5.74, 6) is 0.789. The highest BCUT2D eigenvalue weighted by atomic mass is 19.1. The first-order valence-electron chi connectivity index (χ1n) is 5.46. The lowest BCUT2D eigenvalue weighted by atomic mass is 10.1. The summed E-state index contributed by atoms with van der Waals surface area (Å²) in [6.45, 7) is 4.38. The number of rotatable bonds is 6. The third-order valence-electron chi connectivity index (χ3n) is 2.50. The Morgan fingerprint density at radius 2 is 2.25 bits per heavy atom. The fourth-order valence-corrected chi connectivity index (χ4v) is 1.43. The van der Waals surface area contributed by atoms with Crippen molar-refractivity contribution in [1.29, 1.82) is 0 Å². The van der Waals surface area contributed by atoms with Crippen molar-refractivity contribution in [2.45, 2.75) is 26.7 Å². The van der Waals surface area contributed by atoms with Crippen molar-refractivity contribution >= 4 is 6.29 Å². The van der Waals surface area contributed by atoms with Gasteiger partial charge in [0.2, 0.25) is 0 Å². The van der Waals surface area contributed by atoms with Gasteiger partial charge in [-0.2, -0.15) is 0 Å². The second kappa shape index (κ2) is 6.26. The minimum Gasteiger partial charge on any atom is -0.493 e. The van der Waals surface area contributed by atoms with Crippen LogP contribution in [0.25, 0.3) is 0 Å². The normalized spacial score (nSPS) is 12.2. The van der Waals surface area contributed by atoms with Crippen molar-refractivity contribution in [3.8, 4) is 5.75 Å². The molecule has 0 spiro atoms. The van der Waals surface area contributed by atoms with Gasteiger partial charge in [-0.25, -0.2) is 4.39 Å². The number of hydrogen-bond acceptors (Lipinski definition) is 2. The van der Waals surface area contributed by atoms with Crippen LogP contribution < -0.4 is 4.74 Å². The quantitative estimate of drug-likeness (QED) is 0.694. The van der Waals surface area contributed by atoms with E-state index in [-0.39, 0.29) is 5.82 Å². The monoisotopic (exact) mass is 224 g/mol. The fraction of sp³-hybridized carbons (Fsp3) is 0.462. The minimum absolute atomic E-state index is 0.251. The van der Waals surface area contributed by atoms with Crippen molar-refractivity contribution in [3.63, 3.8) is 0 Å². The van der Waals surface area contributed by atoms with Gasteiger partial charge in [0.1, 0.15) is 17.9 Å². The number of ether oxygens (including phenoxy) is 1. The predicted octanol–water partition coefficient (Wildman–Crippen LogP) is 3.13. The van der Waals surface area contributed by atoms with Gasteiger partial charge in [-0.15, -0.1) is 0 Å². The summed E-state index contributed by atoms with van der Waals surface area (Å²) in [5.41, 5.74) is 0.794. The van der Waals surface area contributed by atoms with E-state index in [0.717, 1.165) is 18.3 Å². The van der Waals surface area contributed by atoms with Crippen molar-refractivity contribution in [2.24, 2.45) is 5.92 Å². The first kappa shape index (κ1) is 12.7. The zero-order chi connectivity index (χ0) is 12.0. The molecule has 1 rings (SSSR count). The van der Waals surface area contributed by atoms with E-state index in [2.05, 4.69) is 0 Å². The molecule has 1 unspecified atom stereocenters. The maximum atomic E-state index is 12.8. The lowest BCUT2D eigenvalue weighted by Gasteiger charge is -2.11. The predicted molar refractivity (Wildman–Crippen MR) is 61.1 cm³/mol. The zero-order valence-corrected chi connectivity index (χ0v) is 9.70. The van der Waals surface area contributed by atoms with Crippen LogP contribution in [-0.2, 0) is 4.79 Å². The molecule has 3 heteroatoms. The zero-order valence-electron chi connectivity index (χ0n) is 9.70. The molecule has 0 radical (unpaired) electrons. The van der Waals surface area contributed by atoms with E-state index in [4.69, 9.17) is 4.74 Å². The Bertz CT molecular complexity index is 350. The summed E-state index contributed by atoms with van der Waals surface area (Å²) in [6.07, 6.45) is 2.31. The van der Waals surface area contributed by atoms with E-state index in [1.165, 1.54) is 12.1 Å². The summed E-state index contributed by atoms with van der Waals surface area (Å²) in [7, 11) is 0. The number of carbonyl (C=O) groups is 1. The van der Waals surface area contributed by atoms with Crippen LogP contribution in [0.15, 0.2) is 18.2 Å². The molecule has 0 aliphatic carbocycles. The third-order valence-corrected chi connectivity index (χ3v) is 2.50. The Labute approximate surface area is 95.4 Å². The van der Waals surface area contributed by atoms with Crippen molar-refractivity contribution < 1.29 is 13.9 Å². The van der Waals surface area contributed by atoms with Gasteiger partial charge in [0.15, 0.2) is 0 Å². The first-order chi connectivity index (χ1) is 7.63. The average molecular weight is 224 g/mol. The molecule has 0 heterocycles. The van der Waals surface area contributed by atoms with Gasteiger partial charge in [-0.05, 0) is 43.0 Å². The van der Waals surface area contributed by atoms with Crippen molar-refractivity contribution in [3.05, 3.63) is 29.6 Å². The van der Waals surface area contributed by atoms with Crippen LogP contribution in [-0.4, -0.2) is 12.9 Å². The molecule has 0 fully saturated rings. The van der Waals surface area contributed by atoms with Crippen LogP contribution in [0.4, 0.5) is 4.39 Å². The Hall–Kier alpha value is -1.38. The Morgan fingerprint density at radius 1 is 1.50 bits per heavy atom. The minimum atomic E-state index is -0.251. The van der Waals surface area contributed by atoms with E-state index in [1.807, 2.05) is 13.8 Å². The van der Waals surface area contributed by atoms with Crippen LogP contribution in [0.2, 0.25) is 0 Å². The molecule has 1 atom stereocenters. The standard InChI is InChI=1S/C13H17FO2/c1-10(5-7-15)6-8-16-13-4-3-12(14)9-11(13)2/h3-4,7,9-10H,5-6,8H2,1-2H3. The molecule has 16 heavy (non-hydrogen) atoms. The van der Waals surface area contributed by atoms with E-state index < -0.39 is 0 Å². The fourth-order valence-electron chi connectivity index (χ4n) is 1.43. The molecule has 1 aromatic rings. The maximum absolute atomic E-state index is 12.8. The van der Waals surface area contributed by atoms with Gasteiger partial charge in [-0.1, -0.05) is 6.92 Å². The number of aldehydes is 1. The summed E-state index contributed by atoms with van der Waals surface area (Å²) in [5, 5.41) is 0. The molecule has 0 aliphatic heterocycles. The van der Waals surface area contributed by atoms with Gasteiger partial charge >= 0.3 is 0 Å². The average Bonchev–Trinajstić information content (AvgIpc) is 2.22. The summed E-state index contributed by atoms with van der Waals surface area (Å²) < 4.78 is 18.3. The van der Waals surface area contributed by atoms with Crippen molar-refractivity contribution in [1.82, 2.24) is 0 Å². The smallest absolute Gasteiger partial charge is 0.123 e. The van der Waals surface area contributed by atoms with Gasteiger partial charge in [0, 0.05) is 6.42 Å². The highest BCUT2D eigenvalue weighted by Gasteiger charge is 2.04. The summed E-state index contributed by atoms with van der Waals surface area (Å²) in [4.78, 5) is 10.3. The van der Waals surface area contributed by atoms with E-state index in [1.54, 1.807) is 6.07 Å². The highest BCUT2D eigenvalue weighted by molar-refractivity contribution is 5.49. The third kappa shape index (κ3) is 4.01. The first-order valence-corrected chi connectivity index (χ1v) is 5.46. The summed E-state index contributed by atoms with van der Waals surface area (Å²) in [6, 6.07) is 4.47. The summed E-state index contributed by atoms with van der Waals surface area (Å²) >= 11 is 0. The van der Waals surface area contributed by atoms with Gasteiger partial charge in [0.25, 0.3) is 0 Å². The largest absolute Gasteiger partial charge is 0.493 e. The Balaban J connectivity index is 2.40. The SMILES string of the molecule is Cc1cc(F)ccc1OCCC(C)CC=O. The lowest BCUT2D eigenvalue weighted by molar-refractivity contribution is -0.108. The molecule has 0 aliphatic rings. The van der Waals surface area contributed by atoms with Gasteiger partial charge < -0.3 is 9.53 Å². The van der Waals surface area contributed by atoms with E-state index in [0.29, 0.717) is 24.7 Å². The lowest BCUT2D eigenvalue weighted by Crippen LogP contribution is -2.05. The molecule has 0 saturated carbocycles. The number of aryl methyl sites for hydroxylation is 1. The molecule has 0 N–H and O–H groups in total. The molecular weight excluding hydrogens is 207 g/mol. The molecular formula is C13H17FO2. The molecule has 0 amide bonds. The number of halogens is 1. The topological polar surface area (TPSA) is 26.3 Å². The highest BCUT2D eigenvalue weighted by Crippen LogP contribution is 2.19. The van der Waals surface area contributed by atoms with Crippen LogP contribution >= 0.6 is 0 Å². The number of carbonyl (C=O) groups excluding carboxylic acids is 1. The number of benzene rings is 1. The van der Waals surface area contributed by atoms with Crippen molar-refractivity contribution in [2.75, 3.05) is 6.61 Å². The molecule has 1 aromatic carbocycles. The molecule has 0 bridgehead atoms. The van der Waals surface area contributed by atoms with E-state index >= 15 is 0 Å². The molecule has 0 aromatic heterocycles. The number of hydrogen-bond donors (Lipinski definition) is 0. The van der Waals surface area contributed by atoms with Crippen LogP contribution in [0.3, 0.4) is 0 Å². The van der Waals surface area contributed by atoms with Crippen LogP contribution in [0.1, 0.15) is 25.3 Å². The van der Waals surface area contributed by atoms with Gasteiger partial charge in [0.05, 0.1) is 6.61 Å².